The first kappa shape index (κ1) is 14.9. The van der Waals surface area contributed by atoms with Crippen LogP contribution in [0.4, 0.5) is 0 Å². The third kappa shape index (κ3) is 4.60. The van der Waals surface area contributed by atoms with Crippen molar-refractivity contribution in [3.8, 4) is 0 Å². The molecule has 0 rings (SSSR count). The fourth-order valence-corrected chi connectivity index (χ4v) is 1.46. The van der Waals surface area contributed by atoms with Crippen molar-refractivity contribution in [1.82, 2.24) is 0 Å². The largest absolute Gasteiger partial charge is 0.368 e. The first-order chi connectivity index (χ1) is 7.64. The molecule has 0 aliphatic carbocycles. The van der Waals surface area contributed by atoms with Crippen LogP contribution >= 0.6 is 0 Å². The predicted octanol–water partition coefficient (Wildman–Crippen LogP) is 3.28. The van der Waals surface area contributed by atoms with E-state index in [1.54, 1.807) is 18.2 Å². The average Bonchev–Trinajstić information content (AvgIpc) is 2.28. The van der Waals surface area contributed by atoms with Gasteiger partial charge in [0.1, 0.15) is 6.10 Å². The van der Waals surface area contributed by atoms with Gasteiger partial charge in [-0.2, -0.15) is 0 Å². The minimum Gasteiger partial charge on any atom is -0.368 e. The third-order valence-corrected chi connectivity index (χ3v) is 2.29. The average molecular weight is 222 g/mol. The van der Waals surface area contributed by atoms with Gasteiger partial charge >= 0.3 is 0 Å². The molecular formula is C14H22O2. The van der Waals surface area contributed by atoms with Crippen molar-refractivity contribution in [3.63, 3.8) is 0 Å². The van der Waals surface area contributed by atoms with E-state index in [4.69, 9.17) is 9.47 Å². The lowest BCUT2D eigenvalue weighted by Gasteiger charge is -2.34. The zero-order chi connectivity index (χ0) is 12.4. The first-order valence-electron chi connectivity index (χ1n) is 5.35. The SMILES string of the molecule is C=CCO[C@H](C=C)[C@](C)(CC=C)OCC=C. The Kier molecular flexibility index (Phi) is 7.52. The highest BCUT2D eigenvalue weighted by atomic mass is 16.5. The lowest BCUT2D eigenvalue weighted by atomic mass is 9.94. The molecule has 0 heterocycles. The second-order valence-electron chi connectivity index (χ2n) is 3.68. The molecule has 90 valence electrons. The molecule has 2 heteroatoms. The zero-order valence-electron chi connectivity index (χ0n) is 10.2. The molecule has 0 aliphatic heterocycles. The van der Waals surface area contributed by atoms with Crippen molar-refractivity contribution in [2.75, 3.05) is 13.2 Å². The maximum atomic E-state index is 5.75. The van der Waals surface area contributed by atoms with E-state index in [0.717, 1.165) is 0 Å². The van der Waals surface area contributed by atoms with Gasteiger partial charge in [0.05, 0.1) is 18.8 Å². The molecule has 0 saturated heterocycles. The van der Waals surface area contributed by atoms with E-state index in [1.807, 2.05) is 13.0 Å². The van der Waals surface area contributed by atoms with Gasteiger partial charge in [0.25, 0.3) is 0 Å². The van der Waals surface area contributed by atoms with Gasteiger partial charge in [0.15, 0.2) is 0 Å². The van der Waals surface area contributed by atoms with E-state index in [2.05, 4.69) is 26.3 Å². The number of hydrogen-bond donors (Lipinski definition) is 0. The van der Waals surface area contributed by atoms with Gasteiger partial charge in [-0.3, -0.25) is 0 Å². The van der Waals surface area contributed by atoms with Gasteiger partial charge < -0.3 is 9.47 Å². The van der Waals surface area contributed by atoms with E-state index in [9.17, 15) is 0 Å². The van der Waals surface area contributed by atoms with E-state index in [1.165, 1.54) is 0 Å². The lowest BCUT2D eigenvalue weighted by Crippen LogP contribution is -2.42. The molecule has 0 saturated carbocycles. The Morgan fingerprint density at radius 1 is 1.06 bits per heavy atom. The maximum absolute atomic E-state index is 5.75. The van der Waals surface area contributed by atoms with Crippen molar-refractivity contribution in [3.05, 3.63) is 50.6 Å². The van der Waals surface area contributed by atoms with Crippen molar-refractivity contribution in [1.29, 1.82) is 0 Å². The summed E-state index contributed by atoms with van der Waals surface area (Å²) in [6.45, 7) is 17.7. The van der Waals surface area contributed by atoms with Crippen LogP contribution in [-0.2, 0) is 9.47 Å². The molecule has 0 aromatic carbocycles. The molecule has 16 heavy (non-hydrogen) atoms. The van der Waals surface area contributed by atoms with Gasteiger partial charge in [-0.25, -0.2) is 0 Å². The summed E-state index contributed by atoms with van der Waals surface area (Å²) in [5.41, 5.74) is -0.458. The molecular weight excluding hydrogens is 200 g/mol. The topological polar surface area (TPSA) is 18.5 Å². The summed E-state index contributed by atoms with van der Waals surface area (Å²) in [4.78, 5) is 0. The summed E-state index contributed by atoms with van der Waals surface area (Å²) in [7, 11) is 0. The lowest BCUT2D eigenvalue weighted by molar-refractivity contribution is -0.103. The number of hydrogen-bond acceptors (Lipinski definition) is 2. The van der Waals surface area contributed by atoms with Crippen LogP contribution < -0.4 is 0 Å². The minimum absolute atomic E-state index is 0.191. The standard InChI is InChI=1S/C14H22O2/c1-6-10-14(5,16-12-8-3)13(9-4)15-11-7-2/h6-9,13H,1-4,10-12H2,5H3/t13-,14+/m1/s1. The summed E-state index contributed by atoms with van der Waals surface area (Å²) in [5.74, 6) is 0. The normalized spacial score (nSPS) is 15.8. The van der Waals surface area contributed by atoms with E-state index >= 15 is 0 Å². The van der Waals surface area contributed by atoms with E-state index in [0.29, 0.717) is 19.6 Å². The Hall–Kier alpha value is -1.12. The van der Waals surface area contributed by atoms with Crippen molar-refractivity contribution < 1.29 is 9.47 Å². The maximum Gasteiger partial charge on any atom is 0.105 e. The van der Waals surface area contributed by atoms with Crippen LogP contribution in [0.15, 0.2) is 50.6 Å². The Labute approximate surface area is 99.0 Å². The second-order valence-corrected chi connectivity index (χ2v) is 3.68. The Morgan fingerprint density at radius 2 is 1.69 bits per heavy atom. The summed E-state index contributed by atoms with van der Waals surface area (Å²) < 4.78 is 11.4. The van der Waals surface area contributed by atoms with Gasteiger partial charge in [0.2, 0.25) is 0 Å². The smallest absolute Gasteiger partial charge is 0.105 e. The molecule has 0 spiro atoms. The summed E-state index contributed by atoms with van der Waals surface area (Å²) >= 11 is 0. The number of rotatable bonds is 10. The van der Waals surface area contributed by atoms with Crippen LogP contribution in [0.5, 0.6) is 0 Å². The van der Waals surface area contributed by atoms with Crippen LogP contribution in [0.25, 0.3) is 0 Å². The molecule has 0 aromatic heterocycles. The van der Waals surface area contributed by atoms with Crippen molar-refractivity contribution >= 4 is 0 Å². The van der Waals surface area contributed by atoms with Crippen LogP contribution in [0.3, 0.4) is 0 Å². The van der Waals surface area contributed by atoms with Crippen LogP contribution in [0.1, 0.15) is 13.3 Å². The Balaban J connectivity index is 4.65. The number of ether oxygens (including phenoxy) is 2. The van der Waals surface area contributed by atoms with Gasteiger partial charge in [-0.15, -0.1) is 26.3 Å². The molecule has 0 bridgehead atoms. The third-order valence-electron chi connectivity index (χ3n) is 2.29. The fourth-order valence-electron chi connectivity index (χ4n) is 1.46. The van der Waals surface area contributed by atoms with Gasteiger partial charge in [0, 0.05) is 0 Å². The molecule has 2 atom stereocenters. The quantitative estimate of drug-likeness (QED) is 0.528. The van der Waals surface area contributed by atoms with E-state index in [-0.39, 0.29) is 6.10 Å². The van der Waals surface area contributed by atoms with Crippen molar-refractivity contribution in [2.45, 2.75) is 25.0 Å². The molecule has 0 fully saturated rings. The second kappa shape index (κ2) is 8.08. The molecule has 0 unspecified atom stereocenters. The molecule has 2 nitrogen and oxygen atoms in total. The highest BCUT2D eigenvalue weighted by Crippen LogP contribution is 2.24. The Bertz CT molecular complexity index is 245. The highest BCUT2D eigenvalue weighted by Gasteiger charge is 2.32. The minimum atomic E-state index is -0.458. The first-order valence-corrected chi connectivity index (χ1v) is 5.35. The van der Waals surface area contributed by atoms with Crippen molar-refractivity contribution in [2.24, 2.45) is 0 Å². The Morgan fingerprint density at radius 3 is 2.12 bits per heavy atom. The molecule has 0 aliphatic rings. The summed E-state index contributed by atoms with van der Waals surface area (Å²) in [5, 5.41) is 0. The van der Waals surface area contributed by atoms with Crippen LogP contribution in [-0.4, -0.2) is 24.9 Å². The monoisotopic (exact) mass is 222 g/mol. The summed E-state index contributed by atoms with van der Waals surface area (Å²) in [6.07, 6.45) is 7.48. The van der Waals surface area contributed by atoms with Gasteiger partial charge in [-0.1, -0.05) is 24.3 Å². The van der Waals surface area contributed by atoms with E-state index < -0.39 is 5.60 Å². The van der Waals surface area contributed by atoms with Crippen LogP contribution in [0.2, 0.25) is 0 Å². The van der Waals surface area contributed by atoms with Crippen LogP contribution in [0, 0.1) is 0 Å². The van der Waals surface area contributed by atoms with Gasteiger partial charge in [-0.05, 0) is 13.3 Å². The summed E-state index contributed by atoms with van der Waals surface area (Å²) in [6, 6.07) is 0. The molecule has 0 N–H and O–H groups in total. The molecule has 0 aromatic rings. The highest BCUT2D eigenvalue weighted by molar-refractivity contribution is 5.00. The predicted molar refractivity (Wildman–Crippen MR) is 69.5 cm³/mol. The molecule has 0 radical (unpaired) electrons. The fraction of sp³-hybridized carbons (Fsp3) is 0.429. The molecule has 0 amide bonds. The zero-order valence-corrected chi connectivity index (χ0v) is 10.2.